The Bertz CT molecular complexity index is 487. The van der Waals surface area contributed by atoms with E-state index in [0.29, 0.717) is 36.0 Å². The van der Waals surface area contributed by atoms with Crippen molar-refractivity contribution in [1.82, 2.24) is 4.98 Å². The van der Waals surface area contributed by atoms with Gasteiger partial charge in [0.1, 0.15) is 4.88 Å². The monoisotopic (exact) mass is 286 g/mol. The van der Waals surface area contributed by atoms with Gasteiger partial charge in [0.05, 0.1) is 5.69 Å². The standard InChI is InChI=1S/C11H14N2O3S2/c1-2-7-9(10(15)16)18-11(12-7)13-4-6(5-17)3-8(13)14/h6,17H,2-5H2,1H3,(H,15,16). The minimum atomic E-state index is -0.979. The van der Waals surface area contributed by atoms with Crippen molar-refractivity contribution in [3.8, 4) is 0 Å². The van der Waals surface area contributed by atoms with E-state index in [1.54, 1.807) is 4.90 Å². The molecule has 1 atom stereocenters. The Morgan fingerprint density at radius 1 is 1.67 bits per heavy atom. The molecule has 1 aromatic heterocycles. The van der Waals surface area contributed by atoms with Gasteiger partial charge in [-0.05, 0) is 18.1 Å². The molecule has 0 radical (unpaired) electrons. The summed E-state index contributed by atoms with van der Waals surface area (Å²) in [5.74, 6) is -0.0986. The third-order valence-corrected chi connectivity index (χ3v) is 4.53. The lowest BCUT2D eigenvalue weighted by atomic mass is 10.1. The van der Waals surface area contributed by atoms with Gasteiger partial charge in [-0.25, -0.2) is 9.78 Å². The number of nitrogens with zero attached hydrogens (tertiary/aromatic N) is 2. The van der Waals surface area contributed by atoms with Gasteiger partial charge >= 0.3 is 5.97 Å². The zero-order valence-electron chi connectivity index (χ0n) is 9.92. The maximum Gasteiger partial charge on any atom is 0.347 e. The number of hydrogen-bond donors (Lipinski definition) is 2. The number of carbonyl (C=O) groups excluding carboxylic acids is 1. The second-order valence-electron chi connectivity index (χ2n) is 4.19. The molecule has 0 aromatic carbocycles. The zero-order chi connectivity index (χ0) is 13.3. The number of carboxylic acid groups (broad SMARTS) is 1. The van der Waals surface area contributed by atoms with Crippen LogP contribution in [0.15, 0.2) is 0 Å². The topological polar surface area (TPSA) is 70.5 Å². The first-order valence-corrected chi connectivity index (χ1v) is 7.15. The minimum Gasteiger partial charge on any atom is -0.477 e. The number of thiol groups is 1. The summed E-state index contributed by atoms with van der Waals surface area (Å²) in [7, 11) is 0. The van der Waals surface area contributed by atoms with E-state index in [-0.39, 0.29) is 16.7 Å². The fourth-order valence-corrected chi connectivity index (χ4v) is 3.21. The number of hydrogen-bond acceptors (Lipinski definition) is 5. The van der Waals surface area contributed by atoms with Crippen molar-refractivity contribution in [3.63, 3.8) is 0 Å². The fraction of sp³-hybridized carbons (Fsp3) is 0.545. The molecule has 1 fully saturated rings. The van der Waals surface area contributed by atoms with Crippen LogP contribution < -0.4 is 4.90 Å². The Hall–Kier alpha value is -1.08. The summed E-state index contributed by atoms with van der Waals surface area (Å²) in [5, 5.41) is 9.57. The van der Waals surface area contributed by atoms with Gasteiger partial charge in [0.15, 0.2) is 5.13 Å². The lowest BCUT2D eigenvalue weighted by Gasteiger charge is -2.11. The van der Waals surface area contributed by atoms with E-state index >= 15 is 0 Å². The molecule has 0 spiro atoms. The first-order chi connectivity index (χ1) is 8.56. The summed E-state index contributed by atoms with van der Waals surface area (Å²) in [5.41, 5.74) is 0.546. The highest BCUT2D eigenvalue weighted by molar-refractivity contribution is 7.80. The van der Waals surface area contributed by atoms with Crippen LogP contribution in [0.3, 0.4) is 0 Å². The van der Waals surface area contributed by atoms with Crippen LogP contribution in [0.4, 0.5) is 5.13 Å². The van der Waals surface area contributed by atoms with Crippen LogP contribution in [0.5, 0.6) is 0 Å². The van der Waals surface area contributed by atoms with Crippen molar-refractivity contribution in [3.05, 3.63) is 10.6 Å². The van der Waals surface area contributed by atoms with E-state index in [9.17, 15) is 9.59 Å². The molecule has 18 heavy (non-hydrogen) atoms. The maximum absolute atomic E-state index is 11.8. The lowest BCUT2D eigenvalue weighted by molar-refractivity contribution is -0.117. The number of aryl methyl sites for hydroxylation is 1. The van der Waals surface area contributed by atoms with Crippen molar-refractivity contribution in [1.29, 1.82) is 0 Å². The zero-order valence-corrected chi connectivity index (χ0v) is 11.6. The number of aromatic carboxylic acids is 1. The molecule has 2 heterocycles. The molecular weight excluding hydrogens is 272 g/mol. The Kier molecular flexibility index (Phi) is 3.91. The molecule has 1 aliphatic rings. The molecule has 1 saturated heterocycles. The Morgan fingerprint density at radius 2 is 2.39 bits per heavy atom. The normalized spacial score (nSPS) is 19.6. The van der Waals surface area contributed by atoms with E-state index < -0.39 is 5.97 Å². The third-order valence-electron chi connectivity index (χ3n) is 2.91. The van der Waals surface area contributed by atoms with Crippen molar-refractivity contribution in [2.45, 2.75) is 19.8 Å². The predicted molar refractivity (Wildman–Crippen MR) is 72.8 cm³/mol. The van der Waals surface area contributed by atoms with Crippen LogP contribution in [-0.2, 0) is 11.2 Å². The summed E-state index contributed by atoms with van der Waals surface area (Å²) in [4.78, 5) is 29.0. The van der Waals surface area contributed by atoms with Gasteiger partial charge < -0.3 is 5.11 Å². The third kappa shape index (κ3) is 2.37. The van der Waals surface area contributed by atoms with Gasteiger partial charge in [0, 0.05) is 13.0 Å². The van der Waals surface area contributed by atoms with Crippen molar-refractivity contribution in [2.24, 2.45) is 5.92 Å². The summed E-state index contributed by atoms with van der Waals surface area (Å²) in [6.07, 6.45) is 1.02. The molecular formula is C11H14N2O3S2. The van der Waals surface area contributed by atoms with Crippen LogP contribution >= 0.6 is 24.0 Å². The minimum absolute atomic E-state index is 0.00221. The maximum atomic E-state index is 11.8. The summed E-state index contributed by atoms with van der Waals surface area (Å²) in [6, 6.07) is 0. The van der Waals surface area contributed by atoms with Gasteiger partial charge in [0.2, 0.25) is 5.91 Å². The number of thiazole rings is 1. The smallest absolute Gasteiger partial charge is 0.347 e. The molecule has 0 aliphatic carbocycles. The number of aromatic nitrogens is 1. The quantitative estimate of drug-likeness (QED) is 0.826. The van der Waals surface area contributed by atoms with E-state index in [1.807, 2.05) is 6.92 Å². The molecule has 1 amide bonds. The number of rotatable bonds is 4. The van der Waals surface area contributed by atoms with E-state index in [4.69, 9.17) is 5.11 Å². The average Bonchev–Trinajstić information content (AvgIpc) is 2.91. The highest BCUT2D eigenvalue weighted by atomic mass is 32.1. The van der Waals surface area contributed by atoms with Crippen LogP contribution in [-0.4, -0.2) is 34.3 Å². The van der Waals surface area contributed by atoms with Crippen LogP contribution in [0.2, 0.25) is 0 Å². The van der Waals surface area contributed by atoms with Crippen LogP contribution in [0.1, 0.15) is 28.7 Å². The molecule has 2 rings (SSSR count). The van der Waals surface area contributed by atoms with Crippen molar-refractivity contribution in [2.75, 3.05) is 17.2 Å². The fourth-order valence-electron chi connectivity index (χ4n) is 1.95. The van der Waals surface area contributed by atoms with Crippen molar-refractivity contribution < 1.29 is 14.7 Å². The first kappa shape index (κ1) is 13.4. The van der Waals surface area contributed by atoms with Gasteiger partial charge in [-0.15, -0.1) is 0 Å². The van der Waals surface area contributed by atoms with Crippen molar-refractivity contribution >= 4 is 41.0 Å². The molecule has 1 unspecified atom stereocenters. The summed E-state index contributed by atoms with van der Waals surface area (Å²) < 4.78 is 0. The second-order valence-corrected chi connectivity index (χ2v) is 5.53. The first-order valence-electron chi connectivity index (χ1n) is 5.71. The Balaban J connectivity index is 2.29. The predicted octanol–water partition coefficient (Wildman–Crippen LogP) is 1.69. The van der Waals surface area contributed by atoms with Gasteiger partial charge in [-0.3, -0.25) is 9.69 Å². The number of amides is 1. The molecule has 1 N–H and O–H groups in total. The van der Waals surface area contributed by atoms with Gasteiger partial charge in [-0.1, -0.05) is 18.3 Å². The highest BCUT2D eigenvalue weighted by Gasteiger charge is 2.32. The average molecular weight is 286 g/mol. The molecule has 0 saturated carbocycles. The number of anilines is 1. The summed E-state index contributed by atoms with van der Waals surface area (Å²) in [6.45, 7) is 2.44. The largest absolute Gasteiger partial charge is 0.477 e. The lowest BCUT2D eigenvalue weighted by Crippen LogP contribution is -2.24. The van der Waals surface area contributed by atoms with Crippen LogP contribution in [0.25, 0.3) is 0 Å². The van der Waals surface area contributed by atoms with E-state index in [2.05, 4.69) is 17.6 Å². The Labute approximate surface area is 114 Å². The molecule has 0 bridgehead atoms. The molecule has 1 aliphatic heterocycles. The van der Waals surface area contributed by atoms with E-state index in [1.165, 1.54) is 0 Å². The number of carboxylic acids is 1. The second kappa shape index (κ2) is 5.27. The molecule has 1 aromatic rings. The highest BCUT2D eigenvalue weighted by Crippen LogP contribution is 2.31. The van der Waals surface area contributed by atoms with Gasteiger partial charge in [0.25, 0.3) is 0 Å². The molecule has 7 heteroatoms. The molecule has 5 nitrogen and oxygen atoms in total. The molecule has 98 valence electrons. The van der Waals surface area contributed by atoms with Crippen LogP contribution in [0, 0.1) is 5.92 Å². The Morgan fingerprint density at radius 3 is 2.83 bits per heavy atom. The number of carbonyl (C=O) groups is 2. The van der Waals surface area contributed by atoms with E-state index in [0.717, 1.165) is 11.3 Å². The van der Waals surface area contributed by atoms with Gasteiger partial charge in [-0.2, -0.15) is 12.6 Å². The SMILES string of the molecule is CCc1nc(N2CC(CS)CC2=O)sc1C(=O)O. The summed E-state index contributed by atoms with van der Waals surface area (Å²) >= 11 is 5.27.